The third-order valence-electron chi connectivity index (χ3n) is 2.78. The molecule has 0 unspecified atom stereocenters. The van der Waals surface area contributed by atoms with E-state index in [4.69, 9.17) is 4.42 Å². The molecule has 0 amide bonds. The lowest BCUT2D eigenvalue weighted by molar-refractivity contribution is 0.533. The van der Waals surface area contributed by atoms with Crippen LogP contribution in [0.3, 0.4) is 0 Å². The summed E-state index contributed by atoms with van der Waals surface area (Å²) in [6.45, 7) is 2.40. The molecule has 0 spiro atoms. The third-order valence-corrected chi connectivity index (χ3v) is 2.78. The largest absolute Gasteiger partial charge is 0.421 e. The van der Waals surface area contributed by atoms with Gasteiger partial charge in [0.25, 0.3) is 0 Å². The highest BCUT2D eigenvalue weighted by atomic mass is 16.4. The summed E-state index contributed by atoms with van der Waals surface area (Å²) in [6, 6.07) is 7.80. The van der Waals surface area contributed by atoms with Crippen LogP contribution in [0.1, 0.15) is 11.5 Å². The zero-order valence-electron chi connectivity index (χ0n) is 10.9. The van der Waals surface area contributed by atoms with Crippen LogP contribution in [0.5, 0.6) is 0 Å². The van der Waals surface area contributed by atoms with Crippen molar-refractivity contribution in [3.05, 3.63) is 54.4 Å². The second-order valence-corrected chi connectivity index (χ2v) is 4.27. The monoisotopic (exact) mass is 267 g/mol. The molecule has 2 aromatic heterocycles. The van der Waals surface area contributed by atoms with Crippen molar-refractivity contribution in [3.8, 4) is 11.5 Å². The average molecular weight is 267 g/mol. The lowest BCUT2D eigenvalue weighted by Gasteiger charge is -2.09. The molecule has 1 aromatic carbocycles. The van der Waals surface area contributed by atoms with Crippen molar-refractivity contribution in [3.63, 3.8) is 0 Å². The van der Waals surface area contributed by atoms with Gasteiger partial charge in [-0.2, -0.15) is 0 Å². The van der Waals surface area contributed by atoms with Crippen LogP contribution < -0.4 is 5.32 Å². The van der Waals surface area contributed by atoms with Crippen molar-refractivity contribution in [2.24, 2.45) is 0 Å². The Kier molecular flexibility index (Phi) is 3.36. The highest BCUT2D eigenvalue weighted by Crippen LogP contribution is 2.26. The van der Waals surface area contributed by atoms with Gasteiger partial charge in [-0.25, -0.2) is 9.97 Å². The van der Waals surface area contributed by atoms with Crippen molar-refractivity contribution in [2.45, 2.75) is 13.5 Å². The van der Waals surface area contributed by atoms with Gasteiger partial charge in [-0.15, -0.1) is 10.2 Å². The molecule has 0 saturated heterocycles. The van der Waals surface area contributed by atoms with Crippen LogP contribution in [0.15, 0.2) is 47.4 Å². The molecule has 0 aliphatic rings. The Bertz CT molecular complexity index is 696. The summed E-state index contributed by atoms with van der Waals surface area (Å²) in [5, 5.41) is 11.2. The molecular formula is C14H13N5O. The van der Waals surface area contributed by atoms with Crippen LogP contribution >= 0.6 is 0 Å². The first-order valence-corrected chi connectivity index (χ1v) is 6.20. The van der Waals surface area contributed by atoms with E-state index in [1.165, 1.54) is 6.33 Å². The van der Waals surface area contributed by atoms with Crippen LogP contribution in [0.4, 0.5) is 5.69 Å². The number of nitrogens with zero attached hydrogens (tertiary/aromatic N) is 4. The Morgan fingerprint density at radius 3 is 2.65 bits per heavy atom. The molecule has 0 aliphatic heterocycles. The molecule has 0 bridgehead atoms. The number of nitrogens with one attached hydrogen (secondary N) is 1. The minimum Gasteiger partial charge on any atom is -0.421 e. The van der Waals surface area contributed by atoms with E-state index in [2.05, 4.69) is 25.5 Å². The fourth-order valence-corrected chi connectivity index (χ4v) is 1.85. The summed E-state index contributed by atoms with van der Waals surface area (Å²) in [4.78, 5) is 7.98. The van der Waals surface area contributed by atoms with E-state index in [1.54, 1.807) is 19.3 Å². The highest BCUT2D eigenvalue weighted by Gasteiger charge is 2.10. The summed E-state index contributed by atoms with van der Waals surface area (Å²) in [7, 11) is 0. The van der Waals surface area contributed by atoms with Crippen LogP contribution in [-0.2, 0) is 6.54 Å². The number of hydrogen-bond acceptors (Lipinski definition) is 6. The van der Waals surface area contributed by atoms with Crippen molar-refractivity contribution in [2.75, 3.05) is 5.32 Å². The summed E-state index contributed by atoms with van der Waals surface area (Å²) >= 11 is 0. The van der Waals surface area contributed by atoms with E-state index in [-0.39, 0.29) is 0 Å². The Morgan fingerprint density at radius 2 is 1.90 bits per heavy atom. The fraction of sp³-hybridized carbons (Fsp3) is 0.143. The van der Waals surface area contributed by atoms with Gasteiger partial charge in [0, 0.05) is 37.1 Å². The predicted molar refractivity (Wildman–Crippen MR) is 73.8 cm³/mol. The zero-order valence-corrected chi connectivity index (χ0v) is 10.9. The molecule has 3 rings (SSSR count). The SMILES string of the molecule is Cc1nnc(-c2ccccc2NCc2cncnc2)o1. The standard InChI is InChI=1S/C14H13N5O/c1-10-18-19-14(20-10)12-4-2-3-5-13(12)17-8-11-6-15-9-16-7-11/h2-7,9,17H,8H2,1H3. The van der Waals surface area contributed by atoms with E-state index in [1.807, 2.05) is 24.3 Å². The third kappa shape index (κ3) is 2.64. The van der Waals surface area contributed by atoms with Gasteiger partial charge >= 0.3 is 0 Å². The number of para-hydroxylation sites is 1. The molecule has 1 N–H and O–H groups in total. The van der Waals surface area contributed by atoms with Gasteiger partial charge in [0.05, 0.1) is 5.56 Å². The number of benzene rings is 1. The minimum atomic E-state index is 0.509. The van der Waals surface area contributed by atoms with Gasteiger partial charge in [0.1, 0.15) is 6.33 Å². The molecule has 100 valence electrons. The van der Waals surface area contributed by atoms with Crippen molar-refractivity contribution in [1.29, 1.82) is 0 Å². The highest BCUT2D eigenvalue weighted by molar-refractivity contribution is 5.72. The Balaban J connectivity index is 1.83. The normalized spacial score (nSPS) is 10.4. The maximum absolute atomic E-state index is 5.48. The van der Waals surface area contributed by atoms with Crippen LogP contribution in [0.25, 0.3) is 11.5 Å². The fourth-order valence-electron chi connectivity index (χ4n) is 1.85. The molecule has 20 heavy (non-hydrogen) atoms. The van der Waals surface area contributed by atoms with Crippen LogP contribution in [-0.4, -0.2) is 20.2 Å². The number of hydrogen-bond donors (Lipinski definition) is 1. The number of rotatable bonds is 4. The minimum absolute atomic E-state index is 0.509. The van der Waals surface area contributed by atoms with E-state index >= 15 is 0 Å². The second kappa shape index (κ2) is 5.48. The summed E-state index contributed by atoms with van der Waals surface area (Å²) < 4.78 is 5.48. The van der Waals surface area contributed by atoms with E-state index in [0.29, 0.717) is 18.3 Å². The molecule has 0 aliphatic carbocycles. The van der Waals surface area contributed by atoms with Crippen LogP contribution in [0, 0.1) is 6.92 Å². The number of aromatic nitrogens is 4. The van der Waals surface area contributed by atoms with E-state index in [9.17, 15) is 0 Å². The number of aryl methyl sites for hydroxylation is 1. The van der Waals surface area contributed by atoms with Gasteiger partial charge in [-0.3, -0.25) is 0 Å². The topological polar surface area (TPSA) is 76.7 Å². The molecule has 6 nitrogen and oxygen atoms in total. The molecule has 0 fully saturated rings. The van der Waals surface area contributed by atoms with Gasteiger partial charge in [0.15, 0.2) is 0 Å². The molecule has 0 radical (unpaired) electrons. The Hall–Kier alpha value is -2.76. The Labute approximate surface area is 115 Å². The van der Waals surface area contributed by atoms with Gasteiger partial charge in [-0.05, 0) is 12.1 Å². The molecule has 6 heteroatoms. The summed E-state index contributed by atoms with van der Waals surface area (Å²) in [5.74, 6) is 1.06. The molecule has 3 aromatic rings. The molecule has 0 atom stereocenters. The zero-order chi connectivity index (χ0) is 13.8. The quantitative estimate of drug-likeness (QED) is 0.782. The van der Waals surface area contributed by atoms with Gasteiger partial charge in [0.2, 0.25) is 11.8 Å². The van der Waals surface area contributed by atoms with Crippen molar-refractivity contribution < 1.29 is 4.42 Å². The van der Waals surface area contributed by atoms with E-state index in [0.717, 1.165) is 16.8 Å². The second-order valence-electron chi connectivity index (χ2n) is 4.27. The Morgan fingerprint density at radius 1 is 1.10 bits per heavy atom. The maximum atomic E-state index is 5.48. The van der Waals surface area contributed by atoms with Crippen LogP contribution in [0.2, 0.25) is 0 Å². The first-order chi connectivity index (χ1) is 9.83. The maximum Gasteiger partial charge on any atom is 0.249 e. The van der Waals surface area contributed by atoms with Gasteiger partial charge < -0.3 is 9.73 Å². The smallest absolute Gasteiger partial charge is 0.249 e. The van der Waals surface area contributed by atoms with Crippen molar-refractivity contribution in [1.82, 2.24) is 20.2 Å². The molecular weight excluding hydrogens is 254 g/mol. The first kappa shape index (κ1) is 12.3. The summed E-state index contributed by atoms with van der Waals surface area (Å²) in [6.07, 6.45) is 5.07. The summed E-state index contributed by atoms with van der Waals surface area (Å²) in [5.41, 5.74) is 2.81. The lowest BCUT2D eigenvalue weighted by atomic mass is 10.1. The average Bonchev–Trinajstić information content (AvgIpc) is 2.93. The molecule has 2 heterocycles. The number of anilines is 1. The molecule has 0 saturated carbocycles. The first-order valence-electron chi connectivity index (χ1n) is 6.20. The predicted octanol–water partition coefficient (Wildman–Crippen LogP) is 2.45. The van der Waals surface area contributed by atoms with Gasteiger partial charge in [-0.1, -0.05) is 12.1 Å². The lowest BCUT2D eigenvalue weighted by Crippen LogP contribution is -2.01. The van der Waals surface area contributed by atoms with E-state index < -0.39 is 0 Å². The van der Waals surface area contributed by atoms with Crippen molar-refractivity contribution >= 4 is 5.69 Å².